The van der Waals surface area contributed by atoms with Crippen LogP contribution in [0.3, 0.4) is 0 Å². The summed E-state index contributed by atoms with van der Waals surface area (Å²) in [4.78, 5) is 14.1. The van der Waals surface area contributed by atoms with Gasteiger partial charge in [0.15, 0.2) is 0 Å². The molecule has 3 nitrogen and oxygen atoms in total. The number of nitrogens with zero attached hydrogens (tertiary/aromatic N) is 1. The van der Waals surface area contributed by atoms with E-state index in [9.17, 15) is 4.79 Å². The number of nitrogens with one attached hydrogen (secondary N) is 1. The average molecular weight is 281 g/mol. The first kappa shape index (κ1) is 14.2. The zero-order valence-electron chi connectivity index (χ0n) is 11.2. The second kappa shape index (κ2) is 7.39. The third-order valence-corrected chi connectivity index (χ3v) is 3.72. The van der Waals surface area contributed by atoms with E-state index in [4.69, 9.17) is 11.6 Å². The molecule has 1 fully saturated rings. The number of benzene rings is 1. The number of likely N-dealkylation sites (tertiary alicyclic amines) is 1. The number of carbonyl (C=O) groups excluding carboxylic acids is 1. The van der Waals surface area contributed by atoms with Crippen molar-refractivity contribution in [3.05, 3.63) is 29.3 Å². The van der Waals surface area contributed by atoms with E-state index in [2.05, 4.69) is 5.32 Å². The third kappa shape index (κ3) is 4.75. The molecule has 0 unspecified atom stereocenters. The first-order chi connectivity index (χ1) is 9.25. The SMILES string of the molecule is O=C(CCNc1ccc(Cl)cc1)N1CCCCCC1. The highest BCUT2D eigenvalue weighted by atomic mass is 35.5. The van der Waals surface area contributed by atoms with E-state index in [0.29, 0.717) is 13.0 Å². The number of halogens is 1. The van der Waals surface area contributed by atoms with Crippen molar-refractivity contribution >= 4 is 23.2 Å². The van der Waals surface area contributed by atoms with Gasteiger partial charge in [0.1, 0.15) is 0 Å². The summed E-state index contributed by atoms with van der Waals surface area (Å²) in [5.41, 5.74) is 1.01. The molecule has 0 radical (unpaired) electrons. The van der Waals surface area contributed by atoms with Crippen LogP contribution < -0.4 is 5.32 Å². The maximum atomic E-state index is 12.1. The average Bonchev–Trinajstić information content (AvgIpc) is 2.70. The van der Waals surface area contributed by atoms with Gasteiger partial charge in [0.05, 0.1) is 0 Å². The summed E-state index contributed by atoms with van der Waals surface area (Å²) in [5, 5.41) is 3.98. The number of anilines is 1. The lowest BCUT2D eigenvalue weighted by Crippen LogP contribution is -2.32. The molecule has 19 heavy (non-hydrogen) atoms. The summed E-state index contributed by atoms with van der Waals surface area (Å²) >= 11 is 5.82. The van der Waals surface area contributed by atoms with Gasteiger partial charge in [0, 0.05) is 36.8 Å². The Bertz CT molecular complexity index is 397. The minimum absolute atomic E-state index is 0.267. The summed E-state index contributed by atoms with van der Waals surface area (Å²) < 4.78 is 0. The molecule has 0 spiro atoms. The lowest BCUT2D eigenvalue weighted by Gasteiger charge is -2.20. The summed E-state index contributed by atoms with van der Waals surface area (Å²) in [7, 11) is 0. The Hall–Kier alpha value is -1.22. The van der Waals surface area contributed by atoms with Crippen LogP contribution in [-0.2, 0) is 4.79 Å². The van der Waals surface area contributed by atoms with Crippen LogP contribution in [0.15, 0.2) is 24.3 Å². The maximum absolute atomic E-state index is 12.1. The highest BCUT2D eigenvalue weighted by Gasteiger charge is 2.14. The molecule has 2 rings (SSSR count). The molecular weight excluding hydrogens is 260 g/mol. The van der Waals surface area contributed by atoms with Crippen LogP contribution in [-0.4, -0.2) is 30.4 Å². The molecule has 1 aromatic rings. The highest BCUT2D eigenvalue weighted by molar-refractivity contribution is 6.30. The van der Waals surface area contributed by atoms with Crippen LogP contribution in [0.4, 0.5) is 5.69 Å². The van der Waals surface area contributed by atoms with E-state index in [-0.39, 0.29) is 5.91 Å². The van der Waals surface area contributed by atoms with Crippen molar-refractivity contribution in [1.82, 2.24) is 4.90 Å². The topological polar surface area (TPSA) is 32.3 Å². The number of amides is 1. The lowest BCUT2D eigenvalue weighted by atomic mass is 10.2. The first-order valence-electron chi connectivity index (χ1n) is 7.03. The van der Waals surface area contributed by atoms with Gasteiger partial charge in [-0.15, -0.1) is 0 Å². The zero-order valence-corrected chi connectivity index (χ0v) is 12.0. The summed E-state index contributed by atoms with van der Waals surface area (Å²) in [5.74, 6) is 0.267. The number of hydrogen-bond acceptors (Lipinski definition) is 2. The molecule has 1 amide bonds. The summed E-state index contributed by atoms with van der Waals surface area (Å²) in [6.45, 7) is 2.54. The van der Waals surface area contributed by atoms with Gasteiger partial charge in [-0.25, -0.2) is 0 Å². The predicted molar refractivity (Wildman–Crippen MR) is 79.6 cm³/mol. The smallest absolute Gasteiger partial charge is 0.224 e. The van der Waals surface area contributed by atoms with Crippen LogP contribution >= 0.6 is 11.6 Å². The first-order valence-corrected chi connectivity index (χ1v) is 7.41. The molecule has 0 aliphatic carbocycles. The molecule has 0 saturated carbocycles. The Morgan fingerprint density at radius 2 is 1.74 bits per heavy atom. The standard InChI is InChI=1S/C15H21ClN2O/c16-13-5-7-14(8-6-13)17-10-9-15(19)18-11-3-1-2-4-12-18/h5-8,17H,1-4,9-12H2. The Kier molecular flexibility index (Phi) is 5.52. The number of rotatable bonds is 4. The fraction of sp³-hybridized carbons (Fsp3) is 0.533. The molecule has 1 saturated heterocycles. The Morgan fingerprint density at radius 1 is 1.11 bits per heavy atom. The van der Waals surface area contributed by atoms with Crippen molar-refractivity contribution in [2.24, 2.45) is 0 Å². The van der Waals surface area contributed by atoms with Crippen LogP contribution in [0.5, 0.6) is 0 Å². The van der Waals surface area contributed by atoms with Crippen molar-refractivity contribution in [3.63, 3.8) is 0 Å². The van der Waals surface area contributed by atoms with Crippen LogP contribution in [0.1, 0.15) is 32.1 Å². The van der Waals surface area contributed by atoms with Gasteiger partial charge in [-0.2, -0.15) is 0 Å². The Labute approximate surface area is 119 Å². The molecule has 0 aromatic heterocycles. The van der Waals surface area contributed by atoms with Crippen LogP contribution in [0.25, 0.3) is 0 Å². The van der Waals surface area contributed by atoms with E-state index in [1.165, 1.54) is 12.8 Å². The van der Waals surface area contributed by atoms with Crippen molar-refractivity contribution in [1.29, 1.82) is 0 Å². The highest BCUT2D eigenvalue weighted by Crippen LogP contribution is 2.14. The molecular formula is C15H21ClN2O. The van der Waals surface area contributed by atoms with Crippen LogP contribution in [0, 0.1) is 0 Å². The van der Waals surface area contributed by atoms with Crippen LogP contribution in [0.2, 0.25) is 5.02 Å². The minimum atomic E-state index is 0.267. The fourth-order valence-electron chi connectivity index (χ4n) is 2.36. The number of hydrogen-bond donors (Lipinski definition) is 1. The summed E-state index contributed by atoms with van der Waals surface area (Å²) in [6.07, 6.45) is 5.37. The molecule has 0 bridgehead atoms. The lowest BCUT2D eigenvalue weighted by molar-refractivity contribution is -0.130. The zero-order chi connectivity index (χ0) is 13.5. The number of carbonyl (C=O) groups is 1. The van der Waals surface area contributed by atoms with Crippen molar-refractivity contribution in [3.8, 4) is 0 Å². The van der Waals surface area contributed by atoms with Crippen molar-refractivity contribution in [2.45, 2.75) is 32.1 Å². The van der Waals surface area contributed by atoms with Gasteiger partial charge in [-0.05, 0) is 37.1 Å². The van der Waals surface area contributed by atoms with Crippen molar-refractivity contribution in [2.75, 3.05) is 25.0 Å². The molecule has 1 aliphatic heterocycles. The van der Waals surface area contributed by atoms with E-state index in [0.717, 1.165) is 36.6 Å². The summed E-state index contributed by atoms with van der Waals surface area (Å²) in [6, 6.07) is 7.55. The normalized spacial score (nSPS) is 15.9. The molecule has 1 heterocycles. The van der Waals surface area contributed by atoms with E-state index in [1.807, 2.05) is 29.2 Å². The fourth-order valence-corrected chi connectivity index (χ4v) is 2.49. The van der Waals surface area contributed by atoms with E-state index < -0.39 is 0 Å². The molecule has 1 aliphatic rings. The Morgan fingerprint density at radius 3 is 2.37 bits per heavy atom. The molecule has 104 valence electrons. The van der Waals surface area contributed by atoms with E-state index in [1.54, 1.807) is 0 Å². The van der Waals surface area contributed by atoms with Crippen molar-refractivity contribution < 1.29 is 4.79 Å². The maximum Gasteiger partial charge on any atom is 0.224 e. The van der Waals surface area contributed by atoms with Gasteiger partial charge >= 0.3 is 0 Å². The van der Waals surface area contributed by atoms with Gasteiger partial charge in [-0.3, -0.25) is 4.79 Å². The van der Waals surface area contributed by atoms with E-state index >= 15 is 0 Å². The molecule has 1 aromatic carbocycles. The minimum Gasteiger partial charge on any atom is -0.385 e. The monoisotopic (exact) mass is 280 g/mol. The molecule has 4 heteroatoms. The van der Waals surface area contributed by atoms with Gasteiger partial charge < -0.3 is 10.2 Å². The predicted octanol–water partition coefficient (Wildman–Crippen LogP) is 3.54. The van der Waals surface area contributed by atoms with Gasteiger partial charge in [-0.1, -0.05) is 24.4 Å². The molecule has 1 N–H and O–H groups in total. The molecule has 0 atom stereocenters. The quantitative estimate of drug-likeness (QED) is 0.915. The third-order valence-electron chi connectivity index (χ3n) is 3.47. The Balaban J connectivity index is 1.72. The second-order valence-corrected chi connectivity index (χ2v) is 5.42. The van der Waals surface area contributed by atoms with Gasteiger partial charge in [0.25, 0.3) is 0 Å². The van der Waals surface area contributed by atoms with Gasteiger partial charge in [0.2, 0.25) is 5.91 Å². The second-order valence-electron chi connectivity index (χ2n) is 4.98. The largest absolute Gasteiger partial charge is 0.385 e.